The molecular weight excluding hydrogens is 307 g/mol. The maximum atomic E-state index is 13.4. The van der Waals surface area contributed by atoms with Crippen LogP contribution in [0.15, 0.2) is 22.7 Å². The van der Waals surface area contributed by atoms with Gasteiger partial charge in [0.05, 0.1) is 0 Å². The Morgan fingerprint density at radius 1 is 1.47 bits per heavy atom. The molecule has 0 spiro atoms. The lowest BCUT2D eigenvalue weighted by Crippen LogP contribution is -2.53. The van der Waals surface area contributed by atoms with Crippen LogP contribution in [0.5, 0.6) is 0 Å². The maximum Gasteiger partial charge on any atom is 0.124 e. The Balaban J connectivity index is 2.10. The molecule has 2 nitrogen and oxygen atoms in total. The molecule has 1 heterocycles. The SMILES string of the molecule is CCC(C)C1CNCCN1Cc1cc(F)cc(Br)c1. The van der Waals surface area contributed by atoms with Gasteiger partial charge < -0.3 is 5.32 Å². The van der Waals surface area contributed by atoms with Crippen molar-refractivity contribution in [3.8, 4) is 0 Å². The highest BCUT2D eigenvalue weighted by Gasteiger charge is 2.26. The van der Waals surface area contributed by atoms with E-state index in [1.54, 1.807) is 6.07 Å². The van der Waals surface area contributed by atoms with E-state index in [9.17, 15) is 4.39 Å². The fourth-order valence-electron chi connectivity index (χ4n) is 2.73. The van der Waals surface area contributed by atoms with Gasteiger partial charge in [-0.15, -0.1) is 0 Å². The molecule has 4 heteroatoms. The van der Waals surface area contributed by atoms with Gasteiger partial charge in [0, 0.05) is 36.7 Å². The van der Waals surface area contributed by atoms with Crippen LogP contribution in [-0.4, -0.2) is 30.6 Å². The van der Waals surface area contributed by atoms with Crippen LogP contribution < -0.4 is 5.32 Å². The molecule has 106 valence electrons. The molecule has 0 amide bonds. The van der Waals surface area contributed by atoms with Crippen LogP contribution in [0.4, 0.5) is 4.39 Å². The minimum atomic E-state index is -0.167. The lowest BCUT2D eigenvalue weighted by Gasteiger charge is -2.39. The molecule has 1 N–H and O–H groups in total. The van der Waals surface area contributed by atoms with E-state index < -0.39 is 0 Å². The first-order chi connectivity index (χ1) is 9.10. The van der Waals surface area contributed by atoms with Crippen molar-refractivity contribution in [3.63, 3.8) is 0 Å². The summed E-state index contributed by atoms with van der Waals surface area (Å²) in [4.78, 5) is 2.48. The van der Waals surface area contributed by atoms with E-state index in [1.807, 2.05) is 6.07 Å². The topological polar surface area (TPSA) is 15.3 Å². The van der Waals surface area contributed by atoms with Crippen molar-refractivity contribution in [1.29, 1.82) is 0 Å². The fraction of sp³-hybridized carbons (Fsp3) is 0.600. The zero-order valence-corrected chi connectivity index (χ0v) is 13.2. The maximum absolute atomic E-state index is 13.4. The summed E-state index contributed by atoms with van der Waals surface area (Å²) in [6.45, 7) is 8.44. The van der Waals surface area contributed by atoms with E-state index in [0.717, 1.165) is 36.2 Å². The Hall–Kier alpha value is -0.450. The molecule has 1 fully saturated rings. The third-order valence-corrected chi connectivity index (χ3v) is 4.46. The van der Waals surface area contributed by atoms with Crippen molar-refractivity contribution >= 4 is 15.9 Å². The highest BCUT2D eigenvalue weighted by molar-refractivity contribution is 9.10. The van der Waals surface area contributed by atoms with Crippen LogP contribution in [0.1, 0.15) is 25.8 Å². The van der Waals surface area contributed by atoms with E-state index >= 15 is 0 Å². The molecule has 2 atom stereocenters. The summed E-state index contributed by atoms with van der Waals surface area (Å²) < 4.78 is 14.3. The summed E-state index contributed by atoms with van der Waals surface area (Å²) >= 11 is 3.36. The van der Waals surface area contributed by atoms with Crippen molar-refractivity contribution in [2.24, 2.45) is 5.92 Å². The molecule has 0 radical (unpaired) electrons. The number of piperazine rings is 1. The van der Waals surface area contributed by atoms with E-state index in [-0.39, 0.29) is 5.82 Å². The second-order valence-electron chi connectivity index (χ2n) is 5.41. The van der Waals surface area contributed by atoms with E-state index in [1.165, 1.54) is 12.5 Å². The number of benzene rings is 1. The fourth-order valence-corrected chi connectivity index (χ4v) is 3.25. The summed E-state index contributed by atoms with van der Waals surface area (Å²) in [5, 5.41) is 3.46. The standard InChI is InChI=1S/C15H22BrFN2/c1-3-11(2)15-9-18-4-5-19(15)10-12-6-13(16)8-14(17)7-12/h6-8,11,15,18H,3-5,9-10H2,1-2H3. The van der Waals surface area contributed by atoms with Crippen LogP contribution in [0.2, 0.25) is 0 Å². The van der Waals surface area contributed by atoms with Crippen LogP contribution >= 0.6 is 15.9 Å². The molecule has 1 aliphatic heterocycles. The van der Waals surface area contributed by atoms with Crippen molar-refractivity contribution < 1.29 is 4.39 Å². The summed E-state index contributed by atoms with van der Waals surface area (Å²) in [6.07, 6.45) is 1.18. The number of rotatable bonds is 4. The van der Waals surface area contributed by atoms with Gasteiger partial charge in [0.1, 0.15) is 5.82 Å². The molecule has 2 rings (SSSR count). The lowest BCUT2D eigenvalue weighted by molar-refractivity contribution is 0.109. The second-order valence-corrected chi connectivity index (χ2v) is 6.32. The molecule has 0 bridgehead atoms. The average molecular weight is 329 g/mol. The van der Waals surface area contributed by atoms with Crippen LogP contribution in [-0.2, 0) is 6.54 Å². The summed E-state index contributed by atoms with van der Waals surface area (Å²) in [5.74, 6) is 0.490. The molecule has 1 aromatic rings. The van der Waals surface area contributed by atoms with Gasteiger partial charge in [-0.25, -0.2) is 4.39 Å². The van der Waals surface area contributed by atoms with Crippen LogP contribution in [0, 0.1) is 11.7 Å². The number of nitrogens with one attached hydrogen (secondary N) is 1. The number of hydrogen-bond donors (Lipinski definition) is 1. The summed E-state index contributed by atoms with van der Waals surface area (Å²) in [7, 11) is 0. The average Bonchev–Trinajstić information content (AvgIpc) is 2.37. The zero-order chi connectivity index (χ0) is 13.8. The molecule has 0 aromatic heterocycles. The van der Waals surface area contributed by atoms with E-state index in [0.29, 0.717) is 12.0 Å². The summed E-state index contributed by atoms with van der Waals surface area (Å²) in [5.41, 5.74) is 1.04. The second kappa shape index (κ2) is 6.82. The predicted molar refractivity (Wildman–Crippen MR) is 80.6 cm³/mol. The summed E-state index contributed by atoms with van der Waals surface area (Å²) in [6, 6.07) is 5.70. The van der Waals surface area contributed by atoms with E-state index in [4.69, 9.17) is 0 Å². The van der Waals surface area contributed by atoms with Gasteiger partial charge in [0.2, 0.25) is 0 Å². The van der Waals surface area contributed by atoms with Crippen molar-refractivity contribution in [2.75, 3.05) is 19.6 Å². The molecule has 19 heavy (non-hydrogen) atoms. The normalized spacial score (nSPS) is 22.4. The largest absolute Gasteiger partial charge is 0.314 e. The smallest absolute Gasteiger partial charge is 0.124 e. The van der Waals surface area contributed by atoms with Gasteiger partial charge >= 0.3 is 0 Å². The van der Waals surface area contributed by atoms with Gasteiger partial charge in [-0.3, -0.25) is 4.90 Å². The molecule has 1 aliphatic rings. The van der Waals surface area contributed by atoms with Crippen molar-refractivity contribution in [3.05, 3.63) is 34.1 Å². The highest BCUT2D eigenvalue weighted by Crippen LogP contribution is 2.21. The zero-order valence-electron chi connectivity index (χ0n) is 11.6. The molecule has 0 aliphatic carbocycles. The number of nitrogens with zero attached hydrogens (tertiary/aromatic N) is 1. The van der Waals surface area contributed by atoms with Gasteiger partial charge in [0.15, 0.2) is 0 Å². The minimum absolute atomic E-state index is 0.167. The van der Waals surface area contributed by atoms with Gasteiger partial charge in [0.25, 0.3) is 0 Å². The van der Waals surface area contributed by atoms with E-state index in [2.05, 4.69) is 40.0 Å². The van der Waals surface area contributed by atoms with Crippen molar-refractivity contribution in [2.45, 2.75) is 32.9 Å². The predicted octanol–water partition coefficient (Wildman–Crippen LogP) is 3.41. The molecule has 2 unspecified atom stereocenters. The molecular formula is C15H22BrFN2. The molecule has 0 saturated carbocycles. The Labute approximate surface area is 123 Å². The number of hydrogen-bond acceptors (Lipinski definition) is 2. The molecule has 1 aromatic carbocycles. The third-order valence-electron chi connectivity index (χ3n) is 4.01. The first-order valence-electron chi connectivity index (χ1n) is 7.00. The minimum Gasteiger partial charge on any atom is -0.314 e. The first kappa shape index (κ1) is 14.9. The highest BCUT2D eigenvalue weighted by atomic mass is 79.9. The Kier molecular flexibility index (Phi) is 5.37. The quantitative estimate of drug-likeness (QED) is 0.911. The van der Waals surface area contributed by atoms with Gasteiger partial charge in [-0.1, -0.05) is 36.2 Å². The Morgan fingerprint density at radius 3 is 2.95 bits per heavy atom. The molecule has 1 saturated heterocycles. The number of halogens is 2. The van der Waals surface area contributed by atoms with Crippen LogP contribution in [0.3, 0.4) is 0 Å². The third kappa shape index (κ3) is 4.01. The Bertz CT molecular complexity index is 404. The van der Waals surface area contributed by atoms with Crippen LogP contribution in [0.25, 0.3) is 0 Å². The van der Waals surface area contributed by atoms with Gasteiger partial charge in [-0.2, -0.15) is 0 Å². The first-order valence-corrected chi connectivity index (χ1v) is 7.79. The Morgan fingerprint density at radius 2 is 2.26 bits per heavy atom. The van der Waals surface area contributed by atoms with Crippen molar-refractivity contribution in [1.82, 2.24) is 10.2 Å². The monoisotopic (exact) mass is 328 g/mol. The lowest BCUT2D eigenvalue weighted by atomic mass is 9.95. The van der Waals surface area contributed by atoms with Gasteiger partial charge in [-0.05, 0) is 29.7 Å².